The van der Waals surface area contributed by atoms with E-state index in [0.29, 0.717) is 12.5 Å². The van der Waals surface area contributed by atoms with Crippen molar-refractivity contribution in [2.45, 2.75) is 32.8 Å². The van der Waals surface area contributed by atoms with Crippen LogP contribution in [0.4, 0.5) is 11.8 Å². The fraction of sp³-hybridized carbons (Fsp3) is 0.733. The number of hydrogen-bond donors (Lipinski definition) is 2. The van der Waals surface area contributed by atoms with Gasteiger partial charge in [-0.3, -0.25) is 0 Å². The maximum atomic E-state index is 10.2. The number of nitrogens with zero attached hydrogens (tertiary/aromatic N) is 4. The summed E-state index contributed by atoms with van der Waals surface area (Å²) in [5, 5.41) is 13.4. The fourth-order valence-electron chi connectivity index (χ4n) is 2.53. The minimum Gasteiger partial charge on any atom is -0.390 e. The molecule has 1 aliphatic rings. The largest absolute Gasteiger partial charge is 0.390 e. The molecule has 0 aromatic carbocycles. The molecule has 1 aromatic heterocycles. The van der Waals surface area contributed by atoms with Crippen LogP contribution < -0.4 is 10.2 Å². The quantitative estimate of drug-likeness (QED) is 0.817. The molecule has 1 unspecified atom stereocenters. The predicted octanol–water partition coefficient (Wildman–Crippen LogP) is 1.03. The van der Waals surface area contributed by atoms with Gasteiger partial charge in [-0.2, -0.15) is 4.98 Å². The van der Waals surface area contributed by atoms with Crippen LogP contribution in [0.25, 0.3) is 0 Å². The Labute approximate surface area is 127 Å². The summed E-state index contributed by atoms with van der Waals surface area (Å²) in [7, 11) is 3.85. The Kier molecular flexibility index (Phi) is 5.36. The van der Waals surface area contributed by atoms with Crippen molar-refractivity contribution in [1.29, 1.82) is 0 Å². The molecule has 2 N–H and O–H groups in total. The van der Waals surface area contributed by atoms with Crippen LogP contribution in [0.3, 0.4) is 0 Å². The van der Waals surface area contributed by atoms with E-state index in [1.54, 1.807) is 0 Å². The Balaban J connectivity index is 1.95. The summed E-state index contributed by atoms with van der Waals surface area (Å²) < 4.78 is 0. The van der Waals surface area contributed by atoms with Crippen LogP contribution in [0.2, 0.25) is 0 Å². The van der Waals surface area contributed by atoms with Gasteiger partial charge in [0.2, 0.25) is 5.95 Å². The van der Waals surface area contributed by atoms with E-state index >= 15 is 0 Å². The zero-order chi connectivity index (χ0) is 15.4. The third-order valence-corrected chi connectivity index (χ3v) is 3.95. The van der Waals surface area contributed by atoms with Crippen molar-refractivity contribution in [3.63, 3.8) is 0 Å². The average Bonchev–Trinajstić information content (AvgIpc) is 2.92. The minimum absolute atomic E-state index is 0.374. The third kappa shape index (κ3) is 4.28. The highest BCUT2D eigenvalue weighted by atomic mass is 16.3. The van der Waals surface area contributed by atoms with Crippen LogP contribution in [0, 0.1) is 13.8 Å². The molecule has 1 saturated heterocycles. The predicted molar refractivity (Wildman–Crippen MR) is 86.0 cm³/mol. The summed E-state index contributed by atoms with van der Waals surface area (Å²) in [6.07, 6.45) is 2.12. The number of aliphatic hydroxyl groups excluding tert-OH is 1. The van der Waals surface area contributed by atoms with Crippen molar-refractivity contribution in [1.82, 2.24) is 14.9 Å². The molecule has 1 aromatic rings. The van der Waals surface area contributed by atoms with Crippen LogP contribution in [0.5, 0.6) is 0 Å². The van der Waals surface area contributed by atoms with Crippen molar-refractivity contribution in [2.24, 2.45) is 0 Å². The van der Waals surface area contributed by atoms with E-state index in [4.69, 9.17) is 0 Å². The normalized spacial score (nSPS) is 17.0. The zero-order valence-electron chi connectivity index (χ0n) is 13.6. The molecule has 1 fully saturated rings. The lowest BCUT2D eigenvalue weighted by molar-refractivity contribution is 0.135. The first kappa shape index (κ1) is 16.0. The highest BCUT2D eigenvalue weighted by Crippen LogP contribution is 2.18. The molecular formula is C15H27N5O. The standard InChI is InChI=1S/C15H27N5O/c1-11-12(2)17-15(19(3)4)18-14(11)16-9-13(21)10-20-7-5-6-8-20/h13,21H,5-10H2,1-4H3,(H,16,17,18). The third-order valence-electron chi connectivity index (χ3n) is 3.95. The van der Waals surface area contributed by atoms with Crippen LogP contribution >= 0.6 is 0 Å². The number of rotatable bonds is 6. The van der Waals surface area contributed by atoms with Crippen LogP contribution in [-0.2, 0) is 0 Å². The van der Waals surface area contributed by atoms with Crippen molar-refractivity contribution in [2.75, 3.05) is 50.5 Å². The van der Waals surface area contributed by atoms with Gasteiger partial charge in [-0.25, -0.2) is 4.98 Å². The SMILES string of the molecule is Cc1nc(N(C)C)nc(NCC(O)CN2CCCC2)c1C. The Hall–Kier alpha value is -1.40. The smallest absolute Gasteiger partial charge is 0.227 e. The highest BCUT2D eigenvalue weighted by molar-refractivity contribution is 5.50. The van der Waals surface area contributed by atoms with Crippen molar-refractivity contribution in [3.05, 3.63) is 11.3 Å². The summed E-state index contributed by atoms with van der Waals surface area (Å²) in [6.45, 7) is 7.44. The summed E-state index contributed by atoms with van der Waals surface area (Å²) in [5.41, 5.74) is 2.00. The second-order valence-corrected chi connectivity index (χ2v) is 6.02. The van der Waals surface area contributed by atoms with Gasteiger partial charge in [0.25, 0.3) is 0 Å². The molecule has 6 heteroatoms. The van der Waals surface area contributed by atoms with Gasteiger partial charge < -0.3 is 20.2 Å². The van der Waals surface area contributed by atoms with Gasteiger partial charge in [-0.1, -0.05) is 0 Å². The first-order valence-electron chi connectivity index (χ1n) is 7.64. The van der Waals surface area contributed by atoms with Crippen LogP contribution in [0.1, 0.15) is 24.1 Å². The van der Waals surface area contributed by atoms with E-state index in [9.17, 15) is 5.11 Å². The first-order chi connectivity index (χ1) is 9.97. The van der Waals surface area contributed by atoms with Crippen molar-refractivity contribution < 1.29 is 5.11 Å². The first-order valence-corrected chi connectivity index (χ1v) is 7.64. The number of aliphatic hydroxyl groups is 1. The molecule has 21 heavy (non-hydrogen) atoms. The Morgan fingerprint density at radius 2 is 1.90 bits per heavy atom. The lowest BCUT2D eigenvalue weighted by Gasteiger charge is -2.21. The summed E-state index contributed by atoms with van der Waals surface area (Å²) >= 11 is 0. The monoisotopic (exact) mass is 293 g/mol. The number of β-amino-alcohol motifs (C(OH)–C–C–N with tert-alkyl or cyclic N) is 1. The van der Waals surface area contributed by atoms with E-state index in [1.807, 2.05) is 32.8 Å². The molecule has 0 radical (unpaired) electrons. The number of anilines is 2. The van der Waals surface area contributed by atoms with E-state index in [2.05, 4.69) is 20.2 Å². The molecule has 0 aliphatic carbocycles. The van der Waals surface area contributed by atoms with Gasteiger partial charge in [-0.15, -0.1) is 0 Å². The molecule has 0 spiro atoms. The van der Waals surface area contributed by atoms with E-state index in [-0.39, 0.29) is 6.10 Å². The van der Waals surface area contributed by atoms with Gasteiger partial charge in [0.05, 0.1) is 6.10 Å². The lowest BCUT2D eigenvalue weighted by atomic mass is 10.2. The number of aromatic nitrogens is 2. The van der Waals surface area contributed by atoms with Crippen LogP contribution in [0.15, 0.2) is 0 Å². The molecule has 0 saturated carbocycles. The second-order valence-electron chi connectivity index (χ2n) is 6.02. The van der Waals surface area contributed by atoms with Crippen molar-refractivity contribution >= 4 is 11.8 Å². The molecule has 0 bridgehead atoms. The maximum Gasteiger partial charge on any atom is 0.227 e. The van der Waals surface area contributed by atoms with Gasteiger partial charge in [0.15, 0.2) is 0 Å². The topological polar surface area (TPSA) is 64.5 Å². The second kappa shape index (κ2) is 7.04. The molecule has 0 amide bonds. The van der Waals surface area contributed by atoms with Gasteiger partial charge in [0.1, 0.15) is 5.82 Å². The van der Waals surface area contributed by atoms with Crippen molar-refractivity contribution in [3.8, 4) is 0 Å². The molecule has 1 aliphatic heterocycles. The Morgan fingerprint density at radius 1 is 1.24 bits per heavy atom. The van der Waals surface area contributed by atoms with Gasteiger partial charge >= 0.3 is 0 Å². The minimum atomic E-state index is -0.374. The number of nitrogens with one attached hydrogen (secondary N) is 1. The van der Waals surface area contributed by atoms with E-state index in [1.165, 1.54) is 12.8 Å². The van der Waals surface area contributed by atoms with Gasteiger partial charge in [-0.05, 0) is 39.8 Å². The van der Waals surface area contributed by atoms with E-state index < -0.39 is 0 Å². The average molecular weight is 293 g/mol. The molecule has 6 nitrogen and oxygen atoms in total. The summed E-state index contributed by atoms with van der Waals surface area (Å²) in [5.74, 6) is 1.50. The number of hydrogen-bond acceptors (Lipinski definition) is 6. The summed E-state index contributed by atoms with van der Waals surface area (Å²) in [4.78, 5) is 13.2. The number of likely N-dealkylation sites (tertiary alicyclic amines) is 1. The number of aryl methyl sites for hydroxylation is 1. The Bertz CT molecular complexity index is 471. The molecular weight excluding hydrogens is 266 g/mol. The molecule has 1 atom stereocenters. The Morgan fingerprint density at radius 3 is 2.52 bits per heavy atom. The highest BCUT2D eigenvalue weighted by Gasteiger charge is 2.16. The van der Waals surface area contributed by atoms with Gasteiger partial charge in [0, 0.05) is 38.4 Å². The molecule has 2 rings (SSSR count). The molecule has 118 valence electrons. The molecule has 2 heterocycles. The fourth-order valence-corrected chi connectivity index (χ4v) is 2.53. The van der Waals surface area contributed by atoms with Crippen LogP contribution in [-0.4, -0.2) is 66.4 Å². The zero-order valence-corrected chi connectivity index (χ0v) is 13.6. The maximum absolute atomic E-state index is 10.2. The lowest BCUT2D eigenvalue weighted by Crippen LogP contribution is -2.34. The van der Waals surface area contributed by atoms with E-state index in [0.717, 1.165) is 36.7 Å². The summed E-state index contributed by atoms with van der Waals surface area (Å²) in [6, 6.07) is 0.